The highest BCUT2D eigenvalue weighted by atomic mass is 32.2. The highest BCUT2D eigenvalue weighted by molar-refractivity contribution is 7.91. The molecule has 0 unspecified atom stereocenters. The van der Waals surface area contributed by atoms with Crippen LogP contribution in [0.5, 0.6) is 0 Å². The van der Waals surface area contributed by atoms with Crippen molar-refractivity contribution >= 4 is 15.7 Å². The predicted octanol–water partition coefficient (Wildman–Crippen LogP) is 5.12. The van der Waals surface area contributed by atoms with Gasteiger partial charge in [-0.1, -0.05) is 20.8 Å². The topological polar surface area (TPSA) is 92.3 Å². The molecular formula is C28H37F3N4O3S. The summed E-state index contributed by atoms with van der Waals surface area (Å²) in [6.07, 6.45) is 1.11. The molecule has 39 heavy (non-hydrogen) atoms. The largest absolute Gasteiger partial charge is 0.391 e. The molecule has 0 saturated heterocycles. The molecule has 3 heterocycles. The van der Waals surface area contributed by atoms with Gasteiger partial charge in [0.05, 0.1) is 46.1 Å². The summed E-state index contributed by atoms with van der Waals surface area (Å²) in [5.74, 6) is -0.957. The second kappa shape index (κ2) is 11.9. The van der Waals surface area contributed by atoms with Crippen molar-refractivity contribution in [2.75, 3.05) is 18.8 Å². The normalized spacial score (nSPS) is 22.5. The molecule has 1 N–H and O–H groups in total. The number of carbonyl (C=O) groups is 1. The fourth-order valence-corrected chi connectivity index (χ4v) is 6.59. The van der Waals surface area contributed by atoms with Gasteiger partial charge in [0, 0.05) is 25.5 Å². The number of nitrogens with one attached hydrogen (secondary N) is 1. The van der Waals surface area contributed by atoms with Crippen molar-refractivity contribution in [2.45, 2.75) is 76.5 Å². The molecule has 1 fully saturated rings. The van der Waals surface area contributed by atoms with E-state index in [4.69, 9.17) is 4.98 Å². The standard InChI is InChI=1S/C28H37F3N4O3S/c1-4-39(37,38)24-10-9-23(32-16-24)15-34-27(36)21-13-20-11-12-35(26(18(2)3)25(20)33-14-21)17-19-5-7-22(8-6-19)28(29,30)31/h9-10,13-14,16,18-19,22,26H,4-8,11-12,15,17H2,1-3H3,(H,34,36)/t19?,22?,26-/m1/s1. The van der Waals surface area contributed by atoms with E-state index >= 15 is 0 Å². The monoisotopic (exact) mass is 566 g/mol. The smallest absolute Gasteiger partial charge is 0.346 e. The van der Waals surface area contributed by atoms with Crippen LogP contribution in [-0.4, -0.2) is 54.2 Å². The fraction of sp³-hybridized carbons (Fsp3) is 0.607. The third kappa shape index (κ3) is 6.98. The third-order valence-corrected chi connectivity index (χ3v) is 9.73. The Morgan fingerprint density at radius 3 is 2.44 bits per heavy atom. The highest BCUT2D eigenvalue weighted by Gasteiger charge is 2.42. The number of hydrogen-bond donors (Lipinski definition) is 1. The third-order valence-electron chi connectivity index (χ3n) is 8.01. The molecule has 1 saturated carbocycles. The maximum Gasteiger partial charge on any atom is 0.391 e. The van der Waals surface area contributed by atoms with E-state index in [2.05, 4.69) is 29.0 Å². The van der Waals surface area contributed by atoms with Gasteiger partial charge in [0.1, 0.15) is 0 Å². The van der Waals surface area contributed by atoms with Gasteiger partial charge in [-0.25, -0.2) is 8.42 Å². The van der Waals surface area contributed by atoms with Crippen LogP contribution in [0.15, 0.2) is 35.5 Å². The average molecular weight is 567 g/mol. The average Bonchev–Trinajstić information content (AvgIpc) is 2.91. The summed E-state index contributed by atoms with van der Waals surface area (Å²) in [5.41, 5.74) is 2.95. The first-order valence-electron chi connectivity index (χ1n) is 13.6. The SMILES string of the molecule is CCS(=O)(=O)c1ccc(CNC(=O)c2cnc3c(c2)CCN(CC2CCC(C(F)(F)F)CC2)[C@@H]3C(C)C)nc1. The lowest BCUT2D eigenvalue weighted by molar-refractivity contribution is -0.184. The van der Waals surface area contributed by atoms with Gasteiger partial charge in [0.2, 0.25) is 0 Å². The Morgan fingerprint density at radius 2 is 1.85 bits per heavy atom. The molecule has 1 atom stereocenters. The summed E-state index contributed by atoms with van der Waals surface area (Å²) in [6, 6.07) is 5.01. The minimum absolute atomic E-state index is 0.00548. The van der Waals surface area contributed by atoms with E-state index in [1.54, 1.807) is 19.2 Å². The molecule has 1 aliphatic carbocycles. The van der Waals surface area contributed by atoms with E-state index < -0.39 is 21.9 Å². The van der Waals surface area contributed by atoms with Gasteiger partial charge in [0.15, 0.2) is 9.84 Å². The molecule has 0 radical (unpaired) electrons. The van der Waals surface area contributed by atoms with Crippen molar-refractivity contribution < 1.29 is 26.4 Å². The Hall–Kier alpha value is -2.53. The lowest BCUT2D eigenvalue weighted by Gasteiger charge is -2.42. The summed E-state index contributed by atoms with van der Waals surface area (Å²) < 4.78 is 63.1. The first kappa shape index (κ1) is 29.5. The van der Waals surface area contributed by atoms with Crippen molar-refractivity contribution in [3.05, 3.63) is 53.1 Å². The summed E-state index contributed by atoms with van der Waals surface area (Å²) in [4.78, 5) is 24.2. The van der Waals surface area contributed by atoms with Crippen molar-refractivity contribution in [2.24, 2.45) is 17.8 Å². The molecule has 7 nitrogen and oxygen atoms in total. The number of pyridine rings is 2. The van der Waals surface area contributed by atoms with Crippen molar-refractivity contribution in [1.82, 2.24) is 20.2 Å². The van der Waals surface area contributed by atoms with Crippen LogP contribution in [0.1, 0.15) is 79.8 Å². The van der Waals surface area contributed by atoms with Gasteiger partial charge in [-0.2, -0.15) is 13.2 Å². The van der Waals surface area contributed by atoms with Gasteiger partial charge in [-0.15, -0.1) is 0 Å². The summed E-state index contributed by atoms with van der Waals surface area (Å²) in [5, 5.41) is 2.82. The highest BCUT2D eigenvalue weighted by Crippen LogP contribution is 2.41. The first-order valence-corrected chi connectivity index (χ1v) is 15.3. The zero-order valence-electron chi connectivity index (χ0n) is 22.7. The maximum atomic E-state index is 13.1. The van der Waals surface area contributed by atoms with Crippen LogP contribution in [0.4, 0.5) is 13.2 Å². The van der Waals surface area contributed by atoms with Crippen molar-refractivity contribution in [3.8, 4) is 0 Å². The molecule has 2 aliphatic rings. The number of alkyl halides is 3. The predicted molar refractivity (Wildman–Crippen MR) is 142 cm³/mol. The maximum absolute atomic E-state index is 13.1. The second-order valence-electron chi connectivity index (χ2n) is 11.0. The number of hydrogen-bond acceptors (Lipinski definition) is 6. The second-order valence-corrected chi connectivity index (χ2v) is 13.3. The van der Waals surface area contributed by atoms with E-state index in [-0.39, 0.29) is 53.8 Å². The fourth-order valence-electron chi connectivity index (χ4n) is 5.77. The first-order chi connectivity index (χ1) is 18.4. The van der Waals surface area contributed by atoms with E-state index in [9.17, 15) is 26.4 Å². The number of aromatic nitrogens is 2. The zero-order valence-corrected chi connectivity index (χ0v) is 23.5. The van der Waals surface area contributed by atoms with Crippen molar-refractivity contribution in [3.63, 3.8) is 0 Å². The Kier molecular flexibility index (Phi) is 9.00. The van der Waals surface area contributed by atoms with Crippen LogP contribution < -0.4 is 5.32 Å². The zero-order chi connectivity index (χ0) is 28.4. The van der Waals surface area contributed by atoms with E-state index in [1.807, 2.05) is 6.07 Å². The molecule has 1 aliphatic heterocycles. The molecule has 4 rings (SSSR count). The van der Waals surface area contributed by atoms with Crippen LogP contribution in [0, 0.1) is 17.8 Å². The molecule has 0 aromatic carbocycles. The van der Waals surface area contributed by atoms with Crippen LogP contribution in [0.3, 0.4) is 0 Å². The van der Waals surface area contributed by atoms with Gasteiger partial charge in [-0.3, -0.25) is 19.7 Å². The van der Waals surface area contributed by atoms with E-state index in [0.717, 1.165) is 30.8 Å². The minimum Gasteiger partial charge on any atom is -0.346 e. The van der Waals surface area contributed by atoms with Gasteiger partial charge in [0.25, 0.3) is 5.91 Å². The Bertz CT molecular complexity index is 1260. The lowest BCUT2D eigenvalue weighted by atomic mass is 9.80. The quantitative estimate of drug-likeness (QED) is 0.477. The van der Waals surface area contributed by atoms with Crippen LogP contribution in [-0.2, 0) is 22.8 Å². The number of amides is 1. The summed E-state index contributed by atoms with van der Waals surface area (Å²) in [6.45, 7) is 7.52. The Balaban J connectivity index is 1.39. The van der Waals surface area contributed by atoms with Gasteiger partial charge < -0.3 is 5.32 Å². The number of sulfone groups is 1. The van der Waals surface area contributed by atoms with Gasteiger partial charge >= 0.3 is 6.18 Å². The molecule has 1 amide bonds. The van der Waals surface area contributed by atoms with Crippen molar-refractivity contribution in [1.29, 1.82) is 0 Å². The minimum atomic E-state index is -4.09. The molecule has 2 aromatic heterocycles. The molecule has 2 aromatic rings. The Morgan fingerprint density at radius 1 is 1.13 bits per heavy atom. The van der Waals surface area contributed by atoms with Crippen LogP contribution in [0.2, 0.25) is 0 Å². The molecular weight excluding hydrogens is 529 g/mol. The number of rotatable bonds is 8. The number of nitrogens with zero attached hydrogens (tertiary/aromatic N) is 3. The molecule has 0 spiro atoms. The summed E-state index contributed by atoms with van der Waals surface area (Å²) in [7, 11) is -3.33. The van der Waals surface area contributed by atoms with Crippen LogP contribution >= 0.6 is 0 Å². The van der Waals surface area contributed by atoms with E-state index in [1.165, 1.54) is 12.3 Å². The molecule has 11 heteroatoms. The lowest BCUT2D eigenvalue weighted by Crippen LogP contribution is -2.42. The van der Waals surface area contributed by atoms with E-state index in [0.29, 0.717) is 24.1 Å². The molecule has 0 bridgehead atoms. The number of carbonyl (C=O) groups excluding carboxylic acids is 1. The van der Waals surface area contributed by atoms with Gasteiger partial charge in [-0.05, 0) is 67.7 Å². The summed E-state index contributed by atoms with van der Waals surface area (Å²) >= 11 is 0. The number of halogens is 3. The number of fused-ring (bicyclic) bond motifs is 1. The Labute approximate surface area is 228 Å². The van der Waals surface area contributed by atoms with Crippen LogP contribution in [0.25, 0.3) is 0 Å². The molecule has 214 valence electrons.